The molecule has 1 aromatic heterocycles. The van der Waals surface area contributed by atoms with E-state index in [0.717, 1.165) is 23.1 Å². The van der Waals surface area contributed by atoms with Gasteiger partial charge in [0.2, 0.25) is 0 Å². The van der Waals surface area contributed by atoms with Crippen LogP contribution in [0, 0.1) is 6.92 Å². The number of allylic oxidation sites excluding steroid dienone is 6. The van der Waals surface area contributed by atoms with Gasteiger partial charge >= 0.3 is 0 Å². The second kappa shape index (κ2) is 4.06. The molecule has 0 amide bonds. The molecule has 0 radical (unpaired) electrons. The first-order valence-corrected chi connectivity index (χ1v) is 5.74. The number of rotatable bonds is 1. The molecule has 0 aliphatic heterocycles. The van der Waals surface area contributed by atoms with E-state index in [1.807, 2.05) is 19.1 Å². The summed E-state index contributed by atoms with van der Waals surface area (Å²) in [4.78, 5) is 4.45. The molecule has 1 aliphatic carbocycles. The lowest BCUT2D eigenvalue weighted by molar-refractivity contribution is 0.561. The van der Waals surface area contributed by atoms with Crippen LogP contribution in [0.3, 0.4) is 0 Å². The van der Waals surface area contributed by atoms with E-state index in [2.05, 4.69) is 41.4 Å². The largest absolute Gasteiger partial charge is 0.441 e. The van der Waals surface area contributed by atoms with Crippen LogP contribution in [0.25, 0.3) is 16.7 Å². The average molecular weight is 223 g/mol. The first-order valence-electron chi connectivity index (χ1n) is 5.74. The van der Waals surface area contributed by atoms with Crippen molar-refractivity contribution in [3.8, 4) is 0 Å². The van der Waals surface area contributed by atoms with Crippen molar-refractivity contribution in [2.24, 2.45) is 0 Å². The van der Waals surface area contributed by atoms with Crippen molar-refractivity contribution in [3.05, 3.63) is 60.0 Å². The summed E-state index contributed by atoms with van der Waals surface area (Å²) in [6.45, 7) is 1.88. The molecule has 0 saturated heterocycles. The molecule has 1 aliphatic rings. The summed E-state index contributed by atoms with van der Waals surface area (Å²) in [7, 11) is 0. The highest BCUT2D eigenvalue weighted by molar-refractivity contribution is 5.91. The molecule has 3 rings (SSSR count). The molecule has 1 aromatic carbocycles. The molecule has 0 saturated carbocycles. The van der Waals surface area contributed by atoms with E-state index in [0.29, 0.717) is 5.89 Å². The van der Waals surface area contributed by atoms with E-state index in [4.69, 9.17) is 4.42 Å². The van der Waals surface area contributed by atoms with Crippen molar-refractivity contribution in [2.45, 2.75) is 13.3 Å². The van der Waals surface area contributed by atoms with Crippen LogP contribution in [-0.4, -0.2) is 4.98 Å². The number of oxazole rings is 1. The van der Waals surface area contributed by atoms with Gasteiger partial charge < -0.3 is 4.42 Å². The van der Waals surface area contributed by atoms with Crippen LogP contribution in [-0.2, 0) is 0 Å². The molecule has 1 heterocycles. The van der Waals surface area contributed by atoms with Gasteiger partial charge in [0, 0.05) is 12.5 Å². The number of benzene rings is 1. The summed E-state index contributed by atoms with van der Waals surface area (Å²) in [6.07, 6.45) is 11.6. The monoisotopic (exact) mass is 223 g/mol. The number of aromatic nitrogens is 1. The lowest BCUT2D eigenvalue weighted by atomic mass is 10.0. The predicted octanol–water partition coefficient (Wildman–Crippen LogP) is 4.04. The fourth-order valence-electron chi connectivity index (χ4n) is 2.05. The number of fused-ring (bicyclic) bond motifs is 1. The zero-order chi connectivity index (χ0) is 11.7. The van der Waals surface area contributed by atoms with Crippen molar-refractivity contribution in [1.82, 2.24) is 4.98 Å². The fourth-order valence-corrected chi connectivity index (χ4v) is 2.05. The van der Waals surface area contributed by atoms with Gasteiger partial charge in [-0.2, -0.15) is 0 Å². The molecule has 2 aromatic rings. The molecular weight excluding hydrogens is 210 g/mol. The minimum Gasteiger partial charge on any atom is -0.441 e. The van der Waals surface area contributed by atoms with E-state index in [1.54, 1.807) is 0 Å². The van der Waals surface area contributed by atoms with Crippen molar-refractivity contribution >= 4 is 16.7 Å². The maximum Gasteiger partial charge on any atom is 0.192 e. The van der Waals surface area contributed by atoms with Crippen LogP contribution in [0.1, 0.15) is 17.9 Å². The zero-order valence-corrected chi connectivity index (χ0v) is 9.68. The Morgan fingerprint density at radius 2 is 2.18 bits per heavy atom. The van der Waals surface area contributed by atoms with E-state index >= 15 is 0 Å². The minimum absolute atomic E-state index is 0.709. The number of para-hydroxylation sites is 1. The highest BCUT2D eigenvalue weighted by Crippen LogP contribution is 2.27. The molecule has 0 N–H and O–H groups in total. The van der Waals surface area contributed by atoms with Gasteiger partial charge in [-0.15, -0.1) is 0 Å². The Kier molecular flexibility index (Phi) is 2.41. The van der Waals surface area contributed by atoms with Crippen LogP contribution >= 0.6 is 0 Å². The highest BCUT2D eigenvalue weighted by atomic mass is 16.3. The van der Waals surface area contributed by atoms with Gasteiger partial charge in [0.1, 0.15) is 5.52 Å². The van der Waals surface area contributed by atoms with Gasteiger partial charge in [-0.3, -0.25) is 0 Å². The van der Waals surface area contributed by atoms with Crippen molar-refractivity contribution in [1.29, 1.82) is 0 Å². The third-order valence-electron chi connectivity index (χ3n) is 2.82. The van der Waals surface area contributed by atoms with Gasteiger partial charge in [-0.25, -0.2) is 4.98 Å². The fraction of sp³-hybridized carbons (Fsp3) is 0.133. The van der Waals surface area contributed by atoms with Gasteiger partial charge in [-0.05, 0) is 18.1 Å². The summed E-state index contributed by atoms with van der Waals surface area (Å²) in [5.41, 5.74) is 4.10. The molecule has 0 fully saturated rings. The van der Waals surface area contributed by atoms with Gasteiger partial charge in [0.25, 0.3) is 0 Å². The smallest absolute Gasteiger partial charge is 0.192 e. The summed E-state index contributed by atoms with van der Waals surface area (Å²) in [5.74, 6) is 0.709. The molecule has 17 heavy (non-hydrogen) atoms. The van der Waals surface area contributed by atoms with Gasteiger partial charge in [0.05, 0.1) is 0 Å². The van der Waals surface area contributed by atoms with Crippen LogP contribution in [0.5, 0.6) is 0 Å². The number of hydrogen-bond donors (Lipinski definition) is 0. The Bertz CT molecular complexity index is 644. The molecule has 84 valence electrons. The number of nitrogens with zero attached hydrogens (tertiary/aromatic N) is 1. The Morgan fingerprint density at radius 1 is 1.24 bits per heavy atom. The molecule has 0 spiro atoms. The van der Waals surface area contributed by atoms with E-state index < -0.39 is 0 Å². The second-order valence-electron chi connectivity index (χ2n) is 4.07. The predicted molar refractivity (Wildman–Crippen MR) is 69.6 cm³/mol. The summed E-state index contributed by atoms with van der Waals surface area (Å²) < 4.78 is 5.55. The Balaban J connectivity index is 2.23. The topological polar surface area (TPSA) is 26.0 Å². The molecule has 0 bridgehead atoms. The maximum atomic E-state index is 5.55. The van der Waals surface area contributed by atoms with E-state index in [-0.39, 0.29) is 0 Å². The second-order valence-corrected chi connectivity index (χ2v) is 4.07. The van der Waals surface area contributed by atoms with Crippen LogP contribution in [0.4, 0.5) is 0 Å². The lowest BCUT2D eigenvalue weighted by Gasteiger charge is -2.01. The van der Waals surface area contributed by atoms with E-state index in [1.165, 1.54) is 5.57 Å². The third-order valence-corrected chi connectivity index (χ3v) is 2.82. The third kappa shape index (κ3) is 1.82. The quantitative estimate of drug-likeness (QED) is 0.729. The van der Waals surface area contributed by atoms with Crippen molar-refractivity contribution in [3.63, 3.8) is 0 Å². The van der Waals surface area contributed by atoms with Crippen molar-refractivity contribution < 1.29 is 4.42 Å². The molecular formula is C15H13NO. The highest BCUT2D eigenvalue weighted by Gasteiger charge is 2.09. The Hall–Kier alpha value is -2.09. The molecule has 2 heteroatoms. The van der Waals surface area contributed by atoms with Gasteiger partial charge in [0.15, 0.2) is 11.5 Å². The van der Waals surface area contributed by atoms with E-state index in [9.17, 15) is 0 Å². The van der Waals surface area contributed by atoms with Gasteiger partial charge in [-0.1, -0.05) is 42.5 Å². The van der Waals surface area contributed by atoms with Crippen molar-refractivity contribution in [2.75, 3.05) is 0 Å². The minimum atomic E-state index is 0.709. The summed E-state index contributed by atoms with van der Waals surface area (Å²) in [6, 6.07) is 6.04. The van der Waals surface area contributed by atoms with Crippen LogP contribution in [0.2, 0.25) is 0 Å². The van der Waals surface area contributed by atoms with Crippen LogP contribution < -0.4 is 0 Å². The normalized spacial score (nSPS) is 15.0. The first kappa shape index (κ1) is 10.1. The number of hydrogen-bond acceptors (Lipinski definition) is 2. The summed E-state index contributed by atoms with van der Waals surface area (Å²) in [5, 5.41) is 0. The summed E-state index contributed by atoms with van der Waals surface area (Å²) >= 11 is 0. The van der Waals surface area contributed by atoms with Crippen LogP contribution in [0.15, 0.2) is 53.0 Å². The Labute approximate surface area is 100.0 Å². The lowest BCUT2D eigenvalue weighted by Crippen LogP contribution is -1.83. The standard InChI is InChI=1S/C15H13NO/c1-11-16-15-13(9-6-10-14(15)17-11)12-7-4-2-3-5-8-12/h2,4-10H,3H2,1H3. The molecule has 0 unspecified atom stereocenters. The SMILES string of the molecule is Cc1nc2c(C3=CC=CCC=C3)cccc2o1. The molecule has 2 nitrogen and oxygen atoms in total. The maximum absolute atomic E-state index is 5.55. The Morgan fingerprint density at radius 3 is 3.12 bits per heavy atom. The molecule has 0 atom stereocenters. The first-order chi connectivity index (χ1) is 8.34. The average Bonchev–Trinajstić information content (AvgIpc) is 2.55. The number of aryl methyl sites for hydroxylation is 1. The zero-order valence-electron chi connectivity index (χ0n) is 9.68.